The lowest BCUT2D eigenvalue weighted by Crippen LogP contribution is -2.28. The second-order valence-electron chi connectivity index (χ2n) is 8.12. The number of rotatable bonds is 6. The first-order chi connectivity index (χ1) is 15.4. The van der Waals surface area contributed by atoms with E-state index in [-0.39, 0.29) is 11.4 Å². The van der Waals surface area contributed by atoms with Crippen LogP contribution in [0.2, 0.25) is 0 Å². The average Bonchev–Trinajstić information content (AvgIpc) is 3.21. The van der Waals surface area contributed by atoms with E-state index < -0.39 is 0 Å². The Hall–Kier alpha value is -3.39. The highest BCUT2D eigenvalue weighted by atomic mass is 32.1. The molecule has 0 fully saturated rings. The zero-order valence-electron chi connectivity index (χ0n) is 18.6. The van der Waals surface area contributed by atoms with Gasteiger partial charge in [0, 0.05) is 41.7 Å². The van der Waals surface area contributed by atoms with Gasteiger partial charge in [-0.3, -0.25) is 10.3 Å². The molecule has 1 aromatic carbocycles. The van der Waals surface area contributed by atoms with E-state index in [1.165, 1.54) is 11.3 Å². The van der Waals surface area contributed by atoms with Crippen molar-refractivity contribution in [2.45, 2.75) is 39.5 Å². The lowest BCUT2D eigenvalue weighted by molar-refractivity contribution is 0.252. The molecule has 0 saturated heterocycles. The predicted molar refractivity (Wildman–Crippen MR) is 130 cm³/mol. The Bertz CT molecular complexity index is 1230. The number of carbonyl (C=O) groups excluding carboxylic acids is 1. The molecule has 2 N–H and O–H groups in total. The molecule has 4 rings (SSSR count). The molecule has 0 saturated carbocycles. The van der Waals surface area contributed by atoms with Crippen LogP contribution in [0.25, 0.3) is 32.6 Å². The van der Waals surface area contributed by atoms with Crippen LogP contribution >= 0.6 is 11.3 Å². The third-order valence-corrected chi connectivity index (χ3v) is 6.48. The quantitative estimate of drug-likeness (QED) is 0.400. The molecule has 0 atom stereocenters. The smallest absolute Gasteiger partial charge is 0.321 e. The maximum absolute atomic E-state index is 12.0. The number of urea groups is 1. The second-order valence-corrected chi connectivity index (χ2v) is 9.12. The number of hydrogen-bond donors (Lipinski definition) is 2. The van der Waals surface area contributed by atoms with Gasteiger partial charge in [-0.25, -0.2) is 19.7 Å². The molecule has 0 aliphatic carbocycles. The van der Waals surface area contributed by atoms with Crippen molar-refractivity contribution < 1.29 is 4.79 Å². The van der Waals surface area contributed by atoms with Crippen LogP contribution in [0, 0.1) is 0 Å². The van der Waals surface area contributed by atoms with Crippen LogP contribution in [0.15, 0.2) is 48.9 Å². The number of anilines is 1. The van der Waals surface area contributed by atoms with Crippen LogP contribution < -0.4 is 10.6 Å². The number of nitrogens with zero attached hydrogens (tertiary/aromatic N) is 4. The first-order valence-corrected chi connectivity index (χ1v) is 11.5. The summed E-state index contributed by atoms with van der Waals surface area (Å²) >= 11 is 1.43. The Kier molecular flexibility index (Phi) is 6.14. The zero-order chi connectivity index (χ0) is 22.7. The van der Waals surface area contributed by atoms with Crippen LogP contribution in [0.1, 0.15) is 39.9 Å². The minimum absolute atomic E-state index is 0.0733. The molecule has 3 heterocycles. The van der Waals surface area contributed by atoms with Crippen molar-refractivity contribution in [1.82, 2.24) is 25.3 Å². The summed E-state index contributed by atoms with van der Waals surface area (Å²) in [6, 6.07) is 9.64. The SMILES string of the molecule is CCNC(=O)Nc1nc2cc(-c3cnc(C(C)(C)CC)nc3)cc(-c3ccccn3)c2s1. The molecule has 8 heteroatoms. The molecule has 2 amide bonds. The highest BCUT2D eigenvalue weighted by Gasteiger charge is 2.21. The summed E-state index contributed by atoms with van der Waals surface area (Å²) in [6.45, 7) is 8.85. The number of amides is 2. The molecule has 3 aromatic heterocycles. The Morgan fingerprint density at radius 3 is 2.50 bits per heavy atom. The summed E-state index contributed by atoms with van der Waals surface area (Å²) in [5, 5.41) is 6.08. The minimum Gasteiger partial charge on any atom is -0.338 e. The number of fused-ring (bicyclic) bond motifs is 1. The monoisotopic (exact) mass is 446 g/mol. The van der Waals surface area contributed by atoms with Gasteiger partial charge < -0.3 is 5.32 Å². The Labute approximate surface area is 191 Å². The van der Waals surface area contributed by atoms with Crippen LogP contribution in [-0.4, -0.2) is 32.5 Å². The van der Waals surface area contributed by atoms with Crippen molar-refractivity contribution in [2.24, 2.45) is 0 Å². The summed E-state index contributed by atoms with van der Waals surface area (Å²) in [5.41, 5.74) is 4.38. The van der Waals surface area contributed by atoms with E-state index in [1.54, 1.807) is 6.20 Å². The highest BCUT2D eigenvalue weighted by molar-refractivity contribution is 7.22. The van der Waals surface area contributed by atoms with Crippen molar-refractivity contribution in [1.29, 1.82) is 0 Å². The van der Waals surface area contributed by atoms with E-state index in [2.05, 4.69) is 57.4 Å². The fraction of sp³-hybridized carbons (Fsp3) is 0.292. The number of aromatic nitrogens is 4. The van der Waals surface area contributed by atoms with Crippen molar-refractivity contribution in [2.75, 3.05) is 11.9 Å². The molecule has 4 aromatic rings. The fourth-order valence-corrected chi connectivity index (χ4v) is 4.22. The van der Waals surface area contributed by atoms with Gasteiger partial charge in [0.25, 0.3) is 0 Å². The molecule has 0 aliphatic heterocycles. The van der Waals surface area contributed by atoms with E-state index in [1.807, 2.05) is 43.6 Å². The number of carbonyl (C=O) groups is 1. The molecule has 32 heavy (non-hydrogen) atoms. The van der Waals surface area contributed by atoms with Crippen LogP contribution in [0.4, 0.5) is 9.93 Å². The summed E-state index contributed by atoms with van der Waals surface area (Å²) in [4.78, 5) is 30.5. The van der Waals surface area contributed by atoms with Crippen LogP contribution in [0.3, 0.4) is 0 Å². The zero-order valence-corrected chi connectivity index (χ0v) is 19.5. The average molecular weight is 447 g/mol. The maximum atomic E-state index is 12.0. The van der Waals surface area contributed by atoms with Gasteiger partial charge in [0.05, 0.1) is 15.9 Å². The molecule has 0 aliphatic rings. The Morgan fingerprint density at radius 1 is 1.06 bits per heavy atom. The van der Waals surface area contributed by atoms with Crippen molar-refractivity contribution in [3.8, 4) is 22.4 Å². The largest absolute Gasteiger partial charge is 0.338 e. The topological polar surface area (TPSA) is 92.7 Å². The van der Waals surface area contributed by atoms with Crippen molar-refractivity contribution in [3.63, 3.8) is 0 Å². The van der Waals surface area contributed by atoms with E-state index >= 15 is 0 Å². The fourth-order valence-electron chi connectivity index (χ4n) is 3.25. The summed E-state index contributed by atoms with van der Waals surface area (Å²) in [7, 11) is 0. The van der Waals surface area contributed by atoms with Crippen LogP contribution in [0.5, 0.6) is 0 Å². The first-order valence-electron chi connectivity index (χ1n) is 10.6. The molecule has 0 spiro atoms. The number of benzene rings is 1. The standard InChI is InChI=1S/C24H26N6OS/c1-5-24(3,4)21-27-13-16(14-28-21)15-11-17(18-9-7-8-10-26-18)20-19(12-15)29-23(32-20)30-22(31)25-6-2/h7-14H,5-6H2,1-4H3,(H2,25,29,30,31). The van der Waals surface area contributed by atoms with Gasteiger partial charge in [-0.05, 0) is 43.2 Å². The van der Waals surface area contributed by atoms with E-state index in [4.69, 9.17) is 0 Å². The highest BCUT2D eigenvalue weighted by Crippen LogP contribution is 2.38. The normalized spacial score (nSPS) is 11.5. The van der Waals surface area contributed by atoms with Gasteiger partial charge in [-0.15, -0.1) is 0 Å². The van der Waals surface area contributed by atoms with Gasteiger partial charge >= 0.3 is 6.03 Å². The second kappa shape index (κ2) is 9.00. The first kappa shape index (κ1) is 21.8. The van der Waals surface area contributed by atoms with Crippen LogP contribution in [-0.2, 0) is 5.41 Å². The van der Waals surface area contributed by atoms with E-state index in [0.717, 1.165) is 44.8 Å². The number of nitrogens with one attached hydrogen (secondary N) is 2. The predicted octanol–water partition coefficient (Wildman–Crippen LogP) is 5.64. The van der Waals surface area contributed by atoms with Gasteiger partial charge in [-0.2, -0.15) is 0 Å². The molecule has 0 radical (unpaired) electrons. The van der Waals surface area contributed by atoms with Gasteiger partial charge in [-0.1, -0.05) is 38.2 Å². The number of pyridine rings is 1. The lowest BCUT2D eigenvalue weighted by atomic mass is 9.89. The summed E-state index contributed by atoms with van der Waals surface area (Å²) in [6.07, 6.45) is 6.46. The third-order valence-electron chi connectivity index (χ3n) is 5.46. The number of hydrogen-bond acceptors (Lipinski definition) is 6. The van der Waals surface area contributed by atoms with Gasteiger partial charge in [0.2, 0.25) is 0 Å². The summed E-state index contributed by atoms with van der Waals surface area (Å²) in [5.74, 6) is 0.830. The van der Waals surface area contributed by atoms with E-state index in [9.17, 15) is 4.79 Å². The van der Waals surface area contributed by atoms with Crippen molar-refractivity contribution >= 4 is 32.7 Å². The molecule has 0 bridgehead atoms. The Balaban J connectivity index is 1.81. The van der Waals surface area contributed by atoms with Gasteiger partial charge in [0.1, 0.15) is 5.82 Å². The van der Waals surface area contributed by atoms with Crippen molar-refractivity contribution in [3.05, 3.63) is 54.7 Å². The minimum atomic E-state index is -0.270. The molecule has 7 nitrogen and oxygen atoms in total. The number of thiazole rings is 1. The lowest BCUT2D eigenvalue weighted by Gasteiger charge is -2.20. The third kappa shape index (κ3) is 4.45. The molecule has 164 valence electrons. The molecular formula is C24H26N6OS. The van der Waals surface area contributed by atoms with E-state index in [0.29, 0.717) is 11.7 Å². The Morgan fingerprint density at radius 2 is 1.84 bits per heavy atom. The molecular weight excluding hydrogens is 420 g/mol. The van der Waals surface area contributed by atoms with Gasteiger partial charge in [0.15, 0.2) is 5.13 Å². The maximum Gasteiger partial charge on any atom is 0.321 e. The molecule has 0 unspecified atom stereocenters. The summed E-state index contributed by atoms with van der Waals surface area (Å²) < 4.78 is 0.962.